The van der Waals surface area contributed by atoms with Gasteiger partial charge in [-0.15, -0.1) is 0 Å². The van der Waals surface area contributed by atoms with Gasteiger partial charge in [-0.05, 0) is 36.8 Å². The molecule has 0 aliphatic carbocycles. The normalized spacial score (nSPS) is 17.8. The summed E-state index contributed by atoms with van der Waals surface area (Å²) in [6.07, 6.45) is 3.66. The van der Waals surface area contributed by atoms with Crippen LogP contribution in [0, 0.1) is 11.3 Å². The molecule has 0 saturated carbocycles. The molecule has 4 rings (SSSR count). The van der Waals surface area contributed by atoms with E-state index in [1.165, 1.54) is 0 Å². The highest BCUT2D eigenvalue weighted by molar-refractivity contribution is 5.79. The molecule has 0 bridgehead atoms. The molecule has 1 N–H and O–H groups in total. The zero-order chi connectivity index (χ0) is 21.8. The number of hydrogen-bond donors (Lipinski definition) is 1. The number of nitriles is 1. The van der Waals surface area contributed by atoms with Gasteiger partial charge in [-0.2, -0.15) is 5.26 Å². The van der Waals surface area contributed by atoms with E-state index in [-0.39, 0.29) is 6.04 Å². The van der Waals surface area contributed by atoms with Crippen LogP contribution in [0.5, 0.6) is 0 Å². The predicted octanol–water partition coefficient (Wildman–Crippen LogP) is 3.14. The highest BCUT2D eigenvalue weighted by atomic mass is 16.4. The molecule has 0 radical (unpaired) electrons. The number of benzene rings is 2. The number of carboxylic acids is 1. The van der Waals surface area contributed by atoms with Crippen molar-refractivity contribution in [3.05, 3.63) is 83.9 Å². The van der Waals surface area contributed by atoms with Gasteiger partial charge in [0.05, 0.1) is 29.7 Å². The lowest BCUT2D eigenvalue weighted by Gasteiger charge is -2.40. The number of piperazine rings is 1. The smallest absolute Gasteiger partial charge is 0.327 e. The van der Waals surface area contributed by atoms with E-state index in [4.69, 9.17) is 5.26 Å². The first-order chi connectivity index (χ1) is 15.1. The third-order valence-corrected chi connectivity index (χ3v) is 5.91. The van der Waals surface area contributed by atoms with Crippen LogP contribution >= 0.6 is 0 Å². The summed E-state index contributed by atoms with van der Waals surface area (Å²) >= 11 is 0. The summed E-state index contributed by atoms with van der Waals surface area (Å²) in [5, 5.41) is 18.9. The van der Waals surface area contributed by atoms with E-state index in [0.717, 1.165) is 23.5 Å². The van der Waals surface area contributed by atoms with Crippen LogP contribution in [-0.2, 0) is 11.3 Å². The first-order valence-corrected chi connectivity index (χ1v) is 10.3. The summed E-state index contributed by atoms with van der Waals surface area (Å²) in [6, 6.07) is 18.9. The Morgan fingerprint density at radius 3 is 2.61 bits per heavy atom. The highest BCUT2D eigenvalue weighted by Crippen LogP contribution is 2.24. The van der Waals surface area contributed by atoms with E-state index >= 15 is 0 Å². The zero-order valence-corrected chi connectivity index (χ0v) is 17.4. The largest absolute Gasteiger partial charge is 0.480 e. The Morgan fingerprint density at radius 1 is 1.19 bits per heavy atom. The van der Waals surface area contributed by atoms with Gasteiger partial charge in [0.25, 0.3) is 0 Å². The lowest BCUT2D eigenvalue weighted by molar-refractivity contribution is -0.139. The molecule has 2 aromatic carbocycles. The van der Waals surface area contributed by atoms with Crippen molar-refractivity contribution in [3.63, 3.8) is 0 Å². The summed E-state index contributed by atoms with van der Waals surface area (Å²) < 4.78 is 2.11. The van der Waals surface area contributed by atoms with Gasteiger partial charge in [0.15, 0.2) is 0 Å². The highest BCUT2D eigenvalue weighted by Gasteiger charge is 2.32. The van der Waals surface area contributed by atoms with Crippen LogP contribution in [0.4, 0.5) is 5.69 Å². The number of carbonyl (C=O) groups is 1. The van der Waals surface area contributed by atoms with Crippen molar-refractivity contribution >= 4 is 11.7 Å². The minimum absolute atomic E-state index is 0.0612. The molecule has 2 atom stereocenters. The average molecular weight is 415 g/mol. The molecule has 3 aromatic rings. The second-order valence-electron chi connectivity index (χ2n) is 7.82. The third kappa shape index (κ3) is 4.44. The molecule has 1 saturated heterocycles. The molecule has 1 fully saturated rings. The molecule has 1 aromatic heterocycles. The van der Waals surface area contributed by atoms with Gasteiger partial charge < -0.3 is 14.6 Å². The molecule has 2 heterocycles. The van der Waals surface area contributed by atoms with Crippen LogP contribution < -0.4 is 4.90 Å². The zero-order valence-electron chi connectivity index (χ0n) is 17.4. The molecule has 0 amide bonds. The molecule has 1 unspecified atom stereocenters. The topological polar surface area (TPSA) is 85.4 Å². The molecule has 7 heteroatoms. The summed E-state index contributed by atoms with van der Waals surface area (Å²) in [4.78, 5) is 20.5. The Hall–Kier alpha value is -3.63. The number of aliphatic carboxylic acids is 1. The monoisotopic (exact) mass is 415 g/mol. The fourth-order valence-electron chi connectivity index (χ4n) is 4.15. The lowest BCUT2D eigenvalue weighted by atomic mass is 10.1. The molecule has 0 spiro atoms. The first-order valence-electron chi connectivity index (χ1n) is 10.3. The van der Waals surface area contributed by atoms with Crippen LogP contribution in [0.3, 0.4) is 0 Å². The Bertz CT molecular complexity index is 1070. The van der Waals surface area contributed by atoms with Crippen molar-refractivity contribution in [2.45, 2.75) is 25.6 Å². The number of imidazole rings is 1. The van der Waals surface area contributed by atoms with Crippen molar-refractivity contribution in [3.8, 4) is 6.07 Å². The summed E-state index contributed by atoms with van der Waals surface area (Å²) in [7, 11) is 0. The maximum absolute atomic E-state index is 12.0. The van der Waals surface area contributed by atoms with E-state index < -0.39 is 12.0 Å². The fourth-order valence-corrected chi connectivity index (χ4v) is 4.15. The molecule has 31 heavy (non-hydrogen) atoms. The van der Waals surface area contributed by atoms with Crippen LogP contribution in [0.1, 0.15) is 29.8 Å². The Labute approximate surface area is 181 Å². The number of carboxylic acid groups (broad SMARTS) is 1. The summed E-state index contributed by atoms with van der Waals surface area (Å²) in [5.41, 5.74) is 3.71. The molecule has 158 valence electrons. The van der Waals surface area contributed by atoms with Crippen molar-refractivity contribution < 1.29 is 9.90 Å². The average Bonchev–Trinajstić information content (AvgIpc) is 3.27. The molecule has 1 aliphatic heterocycles. The number of nitrogens with zero attached hydrogens (tertiary/aromatic N) is 5. The predicted molar refractivity (Wildman–Crippen MR) is 118 cm³/mol. The number of hydrogen-bond acceptors (Lipinski definition) is 5. The van der Waals surface area contributed by atoms with Crippen molar-refractivity contribution in [1.29, 1.82) is 5.26 Å². The minimum atomic E-state index is -0.812. The third-order valence-electron chi connectivity index (χ3n) is 5.91. The van der Waals surface area contributed by atoms with E-state index in [1.54, 1.807) is 0 Å². The van der Waals surface area contributed by atoms with Crippen molar-refractivity contribution in [1.82, 2.24) is 14.5 Å². The van der Waals surface area contributed by atoms with Gasteiger partial charge in [0.1, 0.15) is 6.04 Å². The second-order valence-corrected chi connectivity index (χ2v) is 7.82. The molecule has 7 nitrogen and oxygen atoms in total. The van der Waals surface area contributed by atoms with E-state index in [1.807, 2.05) is 72.0 Å². The van der Waals surface area contributed by atoms with Gasteiger partial charge in [-0.25, -0.2) is 9.78 Å². The second kappa shape index (κ2) is 9.02. The van der Waals surface area contributed by atoms with Crippen LogP contribution in [0.2, 0.25) is 0 Å². The van der Waals surface area contributed by atoms with Gasteiger partial charge in [0.2, 0.25) is 0 Å². The van der Waals surface area contributed by atoms with Crippen LogP contribution in [0.15, 0.2) is 67.1 Å². The molecule has 1 aliphatic rings. The van der Waals surface area contributed by atoms with Gasteiger partial charge in [-0.1, -0.05) is 30.3 Å². The van der Waals surface area contributed by atoms with Gasteiger partial charge in [0, 0.05) is 38.1 Å². The SMILES string of the molecule is C[C@H](c1ccc(C#N)cc1)n1cncc1CN1CCN(c2ccccc2)C(C(=O)O)C1. The first kappa shape index (κ1) is 20.6. The Balaban J connectivity index is 1.49. The molecular formula is C24H25N5O2. The number of rotatable bonds is 6. The maximum Gasteiger partial charge on any atom is 0.327 e. The van der Waals surface area contributed by atoms with Gasteiger partial charge in [-0.3, -0.25) is 4.90 Å². The molecular weight excluding hydrogens is 390 g/mol. The van der Waals surface area contributed by atoms with Gasteiger partial charge >= 0.3 is 5.97 Å². The van der Waals surface area contributed by atoms with Crippen LogP contribution in [-0.4, -0.2) is 51.2 Å². The quantitative estimate of drug-likeness (QED) is 0.666. The van der Waals surface area contributed by atoms with E-state index in [0.29, 0.717) is 25.2 Å². The van der Waals surface area contributed by atoms with Crippen molar-refractivity contribution in [2.75, 3.05) is 24.5 Å². The van der Waals surface area contributed by atoms with Crippen molar-refractivity contribution in [2.24, 2.45) is 0 Å². The maximum atomic E-state index is 12.0. The van der Waals surface area contributed by atoms with Crippen LogP contribution in [0.25, 0.3) is 0 Å². The Kier molecular flexibility index (Phi) is 6.01. The Morgan fingerprint density at radius 2 is 1.94 bits per heavy atom. The van der Waals surface area contributed by atoms with E-state index in [2.05, 4.69) is 27.4 Å². The summed E-state index contributed by atoms with van der Waals surface area (Å²) in [6.45, 7) is 4.60. The number of aromatic nitrogens is 2. The fraction of sp³-hybridized carbons (Fsp3) is 0.292. The lowest BCUT2D eigenvalue weighted by Crippen LogP contribution is -2.56. The van der Waals surface area contributed by atoms with E-state index in [9.17, 15) is 9.90 Å². The number of anilines is 1. The summed E-state index contributed by atoms with van der Waals surface area (Å²) in [5.74, 6) is -0.812. The minimum Gasteiger partial charge on any atom is -0.480 e. The standard InChI is InChI=1S/C24H25N5O2/c1-18(20-9-7-19(13-25)8-10-20)29-17-26-14-22(29)15-27-11-12-28(23(16-27)24(30)31)21-5-3-2-4-6-21/h2-10,14,17-18,23H,11-12,15-16H2,1H3,(H,30,31)/t18-,23?/m1/s1. The number of para-hydroxylation sites is 1.